The Morgan fingerprint density at radius 1 is 1.65 bits per heavy atom. The summed E-state index contributed by atoms with van der Waals surface area (Å²) in [6, 6.07) is 2.21. The minimum absolute atomic E-state index is 0.0784. The van der Waals surface area contributed by atoms with Gasteiger partial charge >= 0.3 is 0 Å². The van der Waals surface area contributed by atoms with E-state index < -0.39 is 0 Å². The Bertz CT molecular complexity index is 407. The zero-order chi connectivity index (χ0) is 12.3. The lowest BCUT2D eigenvalue weighted by Crippen LogP contribution is -2.47. The number of oxime groups is 1. The molecule has 0 aliphatic carbocycles. The van der Waals surface area contributed by atoms with Gasteiger partial charge in [-0.1, -0.05) is 11.6 Å². The summed E-state index contributed by atoms with van der Waals surface area (Å²) in [5.41, 5.74) is 5.75. The highest BCUT2D eigenvalue weighted by Gasteiger charge is 2.26. The van der Waals surface area contributed by atoms with Gasteiger partial charge in [0.1, 0.15) is 0 Å². The molecule has 3 N–H and O–H groups in total. The van der Waals surface area contributed by atoms with Gasteiger partial charge < -0.3 is 10.9 Å². The lowest BCUT2D eigenvalue weighted by atomic mass is 10.0. The fraction of sp³-hybridized carbons (Fsp3) is 0.545. The van der Waals surface area contributed by atoms with E-state index in [1.165, 1.54) is 11.3 Å². The highest BCUT2D eigenvalue weighted by molar-refractivity contribution is 9.10. The molecule has 0 radical (unpaired) electrons. The molecular formula is C11H16BrN3OS. The van der Waals surface area contributed by atoms with Crippen LogP contribution in [0, 0.1) is 0 Å². The first-order chi connectivity index (χ1) is 8.20. The van der Waals surface area contributed by atoms with Crippen LogP contribution in [0.3, 0.4) is 0 Å². The van der Waals surface area contributed by atoms with E-state index in [0.717, 1.165) is 30.4 Å². The first-order valence-electron chi connectivity index (χ1n) is 5.65. The zero-order valence-corrected chi connectivity index (χ0v) is 11.9. The molecule has 4 nitrogen and oxygen atoms in total. The Labute approximate surface area is 113 Å². The van der Waals surface area contributed by atoms with E-state index in [-0.39, 0.29) is 6.04 Å². The molecule has 1 aliphatic heterocycles. The second-order valence-corrected chi connectivity index (χ2v) is 6.15. The van der Waals surface area contributed by atoms with Crippen molar-refractivity contribution in [3.05, 3.63) is 20.8 Å². The predicted molar refractivity (Wildman–Crippen MR) is 73.5 cm³/mol. The van der Waals surface area contributed by atoms with Crippen LogP contribution < -0.4 is 5.73 Å². The summed E-state index contributed by atoms with van der Waals surface area (Å²) < 4.78 is 1.12. The summed E-state index contributed by atoms with van der Waals surface area (Å²) in [6.45, 7) is 1.88. The molecule has 1 aromatic heterocycles. The van der Waals surface area contributed by atoms with Gasteiger partial charge in [-0.2, -0.15) is 0 Å². The van der Waals surface area contributed by atoms with Gasteiger partial charge in [-0.15, -0.1) is 11.3 Å². The van der Waals surface area contributed by atoms with Gasteiger partial charge in [-0.3, -0.25) is 4.90 Å². The fourth-order valence-electron chi connectivity index (χ4n) is 2.22. The number of likely N-dealkylation sites (tertiary alicyclic amines) is 1. The number of hydrogen-bond acceptors (Lipinski definition) is 4. The zero-order valence-electron chi connectivity index (χ0n) is 9.47. The molecule has 0 bridgehead atoms. The number of rotatable bonds is 3. The third-order valence-corrected chi connectivity index (χ3v) is 4.73. The number of thiophene rings is 1. The van der Waals surface area contributed by atoms with Crippen molar-refractivity contribution in [2.75, 3.05) is 6.54 Å². The average molecular weight is 318 g/mol. The largest absolute Gasteiger partial charge is 0.409 e. The van der Waals surface area contributed by atoms with Crippen LogP contribution in [-0.4, -0.2) is 28.5 Å². The van der Waals surface area contributed by atoms with Gasteiger partial charge in [0.15, 0.2) is 5.84 Å². The van der Waals surface area contributed by atoms with Crippen LogP contribution in [0.1, 0.15) is 24.1 Å². The number of amidine groups is 1. The normalized spacial score (nSPS) is 22.9. The second kappa shape index (κ2) is 5.84. The van der Waals surface area contributed by atoms with Crippen LogP contribution in [0.15, 0.2) is 21.1 Å². The van der Waals surface area contributed by atoms with Gasteiger partial charge in [0.05, 0.1) is 6.04 Å². The SMILES string of the molecule is NC(=NO)C1CCCCN1Cc1cc(Br)cs1. The molecule has 1 fully saturated rings. The minimum Gasteiger partial charge on any atom is -0.409 e. The summed E-state index contributed by atoms with van der Waals surface area (Å²) in [5.74, 6) is 0.334. The van der Waals surface area contributed by atoms with Crippen molar-refractivity contribution in [1.82, 2.24) is 4.90 Å². The topological polar surface area (TPSA) is 61.9 Å². The number of piperidine rings is 1. The van der Waals surface area contributed by atoms with Gasteiger partial charge in [0.2, 0.25) is 0 Å². The molecule has 0 amide bonds. The molecule has 17 heavy (non-hydrogen) atoms. The van der Waals surface area contributed by atoms with Crippen LogP contribution in [0.4, 0.5) is 0 Å². The number of hydrogen-bond donors (Lipinski definition) is 2. The quantitative estimate of drug-likeness (QED) is 0.390. The maximum Gasteiger partial charge on any atom is 0.156 e. The van der Waals surface area contributed by atoms with Crippen molar-refractivity contribution in [2.45, 2.75) is 31.8 Å². The molecule has 2 heterocycles. The maximum atomic E-state index is 8.81. The van der Waals surface area contributed by atoms with Crippen LogP contribution in [0.25, 0.3) is 0 Å². The van der Waals surface area contributed by atoms with Crippen LogP contribution in [0.2, 0.25) is 0 Å². The molecule has 0 aromatic carbocycles. The Morgan fingerprint density at radius 2 is 2.47 bits per heavy atom. The molecule has 1 unspecified atom stereocenters. The van der Waals surface area contributed by atoms with E-state index in [2.05, 4.69) is 37.4 Å². The molecule has 6 heteroatoms. The van der Waals surface area contributed by atoms with Crippen molar-refractivity contribution in [3.8, 4) is 0 Å². The third kappa shape index (κ3) is 3.20. The smallest absolute Gasteiger partial charge is 0.156 e. The summed E-state index contributed by atoms with van der Waals surface area (Å²) in [5, 5.41) is 14.0. The van der Waals surface area contributed by atoms with E-state index in [4.69, 9.17) is 10.9 Å². The predicted octanol–water partition coefficient (Wildman–Crippen LogP) is 2.61. The van der Waals surface area contributed by atoms with Crippen molar-refractivity contribution >= 4 is 33.1 Å². The van der Waals surface area contributed by atoms with E-state index in [1.807, 2.05) is 0 Å². The van der Waals surface area contributed by atoms with E-state index in [1.54, 1.807) is 11.3 Å². The van der Waals surface area contributed by atoms with E-state index in [9.17, 15) is 0 Å². The molecule has 0 saturated carbocycles. The molecule has 1 aromatic rings. The minimum atomic E-state index is 0.0784. The summed E-state index contributed by atoms with van der Waals surface area (Å²) >= 11 is 5.19. The fourth-order valence-corrected chi connectivity index (χ4v) is 3.69. The van der Waals surface area contributed by atoms with Gasteiger partial charge in [0, 0.05) is 21.3 Å². The van der Waals surface area contributed by atoms with Crippen molar-refractivity contribution in [2.24, 2.45) is 10.9 Å². The maximum absolute atomic E-state index is 8.81. The molecule has 94 valence electrons. The Kier molecular flexibility index (Phi) is 4.42. The molecule has 1 aliphatic rings. The van der Waals surface area contributed by atoms with E-state index in [0.29, 0.717) is 5.84 Å². The van der Waals surface area contributed by atoms with Gasteiger partial charge in [-0.25, -0.2) is 0 Å². The lowest BCUT2D eigenvalue weighted by molar-refractivity contribution is 0.179. The van der Waals surface area contributed by atoms with Crippen molar-refractivity contribution in [3.63, 3.8) is 0 Å². The standard InChI is InChI=1S/C11H16BrN3OS/c12-8-5-9(17-7-8)6-15-4-2-1-3-10(15)11(13)14-16/h5,7,10,16H,1-4,6H2,(H2,13,14). The van der Waals surface area contributed by atoms with E-state index >= 15 is 0 Å². The number of halogens is 1. The monoisotopic (exact) mass is 317 g/mol. The molecular weight excluding hydrogens is 302 g/mol. The second-order valence-electron chi connectivity index (χ2n) is 4.24. The number of nitrogens with two attached hydrogens (primary N) is 1. The molecule has 0 spiro atoms. The van der Waals surface area contributed by atoms with Crippen molar-refractivity contribution < 1.29 is 5.21 Å². The van der Waals surface area contributed by atoms with Crippen LogP contribution >= 0.6 is 27.3 Å². The Hall–Kier alpha value is -0.590. The van der Waals surface area contributed by atoms with Crippen LogP contribution in [0.5, 0.6) is 0 Å². The summed E-state index contributed by atoms with van der Waals surface area (Å²) in [6.07, 6.45) is 3.30. The number of nitrogens with zero attached hydrogens (tertiary/aromatic N) is 2. The molecule has 1 atom stereocenters. The van der Waals surface area contributed by atoms with Gasteiger partial charge in [-0.05, 0) is 41.4 Å². The summed E-state index contributed by atoms with van der Waals surface area (Å²) in [4.78, 5) is 3.59. The highest BCUT2D eigenvalue weighted by atomic mass is 79.9. The molecule has 1 saturated heterocycles. The Morgan fingerprint density at radius 3 is 3.12 bits per heavy atom. The van der Waals surface area contributed by atoms with Crippen molar-refractivity contribution in [1.29, 1.82) is 0 Å². The van der Waals surface area contributed by atoms with Crippen LogP contribution in [-0.2, 0) is 6.54 Å². The first kappa shape index (κ1) is 12.9. The first-order valence-corrected chi connectivity index (χ1v) is 7.32. The Balaban J connectivity index is 2.06. The summed E-state index contributed by atoms with van der Waals surface area (Å²) in [7, 11) is 0. The third-order valence-electron chi connectivity index (χ3n) is 3.05. The molecule has 2 rings (SSSR count). The van der Waals surface area contributed by atoms with Gasteiger partial charge in [0.25, 0.3) is 0 Å². The average Bonchev–Trinajstić information content (AvgIpc) is 2.74. The lowest BCUT2D eigenvalue weighted by Gasteiger charge is -2.34. The highest BCUT2D eigenvalue weighted by Crippen LogP contribution is 2.25.